The predicted octanol–water partition coefficient (Wildman–Crippen LogP) is 3.77. The lowest BCUT2D eigenvalue weighted by atomic mass is 9.89. The van der Waals surface area contributed by atoms with Crippen LogP contribution in [0.5, 0.6) is 0 Å². The third-order valence-electron chi connectivity index (χ3n) is 3.23. The number of allylic oxidation sites excluding steroid dienone is 5. The van der Waals surface area contributed by atoms with Gasteiger partial charge in [0.1, 0.15) is 0 Å². The van der Waals surface area contributed by atoms with Crippen molar-refractivity contribution in [2.75, 3.05) is 0 Å². The molecule has 0 aliphatic carbocycles. The maximum atomic E-state index is 2.37. The Bertz CT molecular complexity index is 396. The largest absolute Gasteiger partial charge is 0.342 e. The summed E-state index contributed by atoms with van der Waals surface area (Å²) in [6.45, 7) is 8.82. The zero-order valence-corrected chi connectivity index (χ0v) is 10.0. The van der Waals surface area contributed by atoms with E-state index in [-0.39, 0.29) is 5.54 Å². The summed E-state index contributed by atoms with van der Waals surface area (Å²) < 4.78 is 0. The van der Waals surface area contributed by atoms with Crippen LogP contribution in [-0.4, -0.2) is 10.4 Å². The molecule has 1 atom stereocenters. The Kier molecular flexibility index (Phi) is 2.34. The van der Waals surface area contributed by atoms with Crippen LogP contribution in [-0.2, 0) is 0 Å². The number of hydrogen-bond acceptors (Lipinski definition) is 1. The first kappa shape index (κ1) is 10.3. The van der Waals surface area contributed by atoms with Gasteiger partial charge in [0.2, 0.25) is 0 Å². The smallest absolute Gasteiger partial charge is 0.0636 e. The number of fused-ring (bicyclic) bond motifs is 1. The molecule has 0 spiro atoms. The molecular formula is C14H19N. The van der Waals surface area contributed by atoms with Crippen molar-refractivity contribution >= 4 is 0 Å². The van der Waals surface area contributed by atoms with Crippen molar-refractivity contribution in [2.45, 2.75) is 39.7 Å². The van der Waals surface area contributed by atoms with Gasteiger partial charge in [-0.2, -0.15) is 0 Å². The third kappa shape index (κ3) is 1.79. The summed E-state index contributed by atoms with van der Waals surface area (Å²) in [6, 6.07) is 0. The minimum absolute atomic E-state index is 0.122. The molecule has 1 nitrogen and oxygen atoms in total. The van der Waals surface area contributed by atoms with Gasteiger partial charge in [0.25, 0.3) is 0 Å². The van der Waals surface area contributed by atoms with Crippen LogP contribution in [0.1, 0.15) is 34.1 Å². The Morgan fingerprint density at radius 1 is 1.20 bits per heavy atom. The predicted molar refractivity (Wildman–Crippen MR) is 65.3 cm³/mol. The first-order valence-electron chi connectivity index (χ1n) is 5.53. The average Bonchev–Trinajstić information content (AvgIpc) is 2.26. The van der Waals surface area contributed by atoms with Gasteiger partial charge in [-0.25, -0.2) is 0 Å². The summed E-state index contributed by atoms with van der Waals surface area (Å²) >= 11 is 0. The van der Waals surface area contributed by atoms with Crippen LogP contribution in [0, 0.1) is 0 Å². The standard InChI is InChI=1S/C14H19N/c1-11-5-7-14(4)10-12(2)9-13(3)15(14)8-6-11/h5-6,8-10H,7H2,1-4H3. The van der Waals surface area contributed by atoms with E-state index < -0.39 is 0 Å². The molecule has 0 saturated heterocycles. The Labute approximate surface area is 92.5 Å². The molecule has 0 saturated carbocycles. The second kappa shape index (κ2) is 3.41. The number of hydrogen-bond donors (Lipinski definition) is 0. The molecule has 0 aromatic carbocycles. The van der Waals surface area contributed by atoms with Crippen molar-refractivity contribution in [2.24, 2.45) is 0 Å². The van der Waals surface area contributed by atoms with Gasteiger partial charge in [-0.05, 0) is 46.3 Å². The summed E-state index contributed by atoms with van der Waals surface area (Å²) in [5.74, 6) is 0. The molecule has 2 rings (SSSR count). The normalized spacial score (nSPS) is 30.1. The molecule has 0 amide bonds. The zero-order valence-electron chi connectivity index (χ0n) is 10.0. The minimum atomic E-state index is 0.122. The van der Waals surface area contributed by atoms with Crippen molar-refractivity contribution < 1.29 is 0 Å². The van der Waals surface area contributed by atoms with Gasteiger partial charge >= 0.3 is 0 Å². The van der Waals surface area contributed by atoms with Crippen LogP contribution >= 0.6 is 0 Å². The second-order valence-electron chi connectivity index (χ2n) is 4.87. The maximum Gasteiger partial charge on any atom is 0.0636 e. The lowest BCUT2D eigenvalue weighted by molar-refractivity contribution is 0.268. The lowest BCUT2D eigenvalue weighted by Crippen LogP contribution is -2.41. The summed E-state index contributed by atoms with van der Waals surface area (Å²) in [5, 5.41) is 0. The van der Waals surface area contributed by atoms with Crippen molar-refractivity contribution in [3.63, 3.8) is 0 Å². The van der Waals surface area contributed by atoms with Gasteiger partial charge in [0.05, 0.1) is 5.54 Å². The monoisotopic (exact) mass is 201 g/mol. The molecular weight excluding hydrogens is 182 g/mol. The van der Waals surface area contributed by atoms with Crippen LogP contribution in [0.15, 0.2) is 47.3 Å². The molecule has 0 N–H and O–H groups in total. The third-order valence-corrected chi connectivity index (χ3v) is 3.23. The molecule has 0 aromatic rings. The molecule has 2 aliphatic heterocycles. The molecule has 15 heavy (non-hydrogen) atoms. The summed E-state index contributed by atoms with van der Waals surface area (Å²) in [5.41, 5.74) is 4.17. The van der Waals surface area contributed by atoms with Gasteiger partial charge in [-0.15, -0.1) is 0 Å². The average molecular weight is 201 g/mol. The number of rotatable bonds is 0. The van der Waals surface area contributed by atoms with E-state index in [1.807, 2.05) is 0 Å². The highest BCUT2D eigenvalue weighted by Crippen LogP contribution is 2.34. The molecule has 1 unspecified atom stereocenters. The molecule has 0 aromatic heterocycles. The van der Waals surface area contributed by atoms with E-state index in [1.54, 1.807) is 0 Å². The topological polar surface area (TPSA) is 3.24 Å². The lowest BCUT2D eigenvalue weighted by Gasteiger charge is -2.41. The van der Waals surface area contributed by atoms with E-state index in [4.69, 9.17) is 0 Å². The fraction of sp³-hybridized carbons (Fsp3) is 0.429. The van der Waals surface area contributed by atoms with Crippen LogP contribution in [0.4, 0.5) is 0 Å². The Balaban J connectivity index is 2.46. The van der Waals surface area contributed by atoms with E-state index in [0.717, 1.165) is 6.42 Å². The molecule has 0 bridgehead atoms. The number of nitrogens with zero attached hydrogens (tertiary/aromatic N) is 1. The highest BCUT2D eigenvalue weighted by Gasteiger charge is 2.31. The molecule has 1 heteroatoms. The molecule has 0 radical (unpaired) electrons. The van der Waals surface area contributed by atoms with Gasteiger partial charge < -0.3 is 4.90 Å². The molecule has 0 fully saturated rings. The summed E-state index contributed by atoms with van der Waals surface area (Å²) in [4.78, 5) is 2.37. The highest BCUT2D eigenvalue weighted by molar-refractivity contribution is 5.36. The van der Waals surface area contributed by atoms with Crippen LogP contribution in [0.2, 0.25) is 0 Å². The van der Waals surface area contributed by atoms with Crippen LogP contribution in [0.3, 0.4) is 0 Å². The van der Waals surface area contributed by atoms with Crippen molar-refractivity contribution in [1.82, 2.24) is 4.90 Å². The van der Waals surface area contributed by atoms with Gasteiger partial charge in [0, 0.05) is 11.9 Å². The highest BCUT2D eigenvalue weighted by atomic mass is 15.2. The van der Waals surface area contributed by atoms with Gasteiger partial charge in [-0.3, -0.25) is 0 Å². The first-order chi connectivity index (χ1) is 7.01. The van der Waals surface area contributed by atoms with Crippen molar-refractivity contribution in [3.05, 3.63) is 47.3 Å². The van der Waals surface area contributed by atoms with Crippen molar-refractivity contribution in [3.8, 4) is 0 Å². The SMILES string of the molecule is CC1=CCC2(C)C=C(C)C=C(C)N2C=C1. The minimum Gasteiger partial charge on any atom is -0.342 e. The van der Waals surface area contributed by atoms with Gasteiger partial charge in [0.15, 0.2) is 0 Å². The fourth-order valence-electron chi connectivity index (χ4n) is 2.48. The van der Waals surface area contributed by atoms with Crippen molar-refractivity contribution in [1.29, 1.82) is 0 Å². The molecule has 2 aliphatic rings. The molecule has 80 valence electrons. The summed E-state index contributed by atoms with van der Waals surface area (Å²) in [6.07, 6.45) is 12.4. The van der Waals surface area contributed by atoms with E-state index in [0.29, 0.717) is 0 Å². The van der Waals surface area contributed by atoms with E-state index in [2.05, 4.69) is 63.1 Å². The van der Waals surface area contributed by atoms with Crippen LogP contribution in [0.25, 0.3) is 0 Å². The molecule has 2 heterocycles. The Morgan fingerprint density at radius 2 is 1.93 bits per heavy atom. The van der Waals surface area contributed by atoms with Gasteiger partial charge in [-0.1, -0.05) is 23.3 Å². The fourth-order valence-corrected chi connectivity index (χ4v) is 2.48. The first-order valence-corrected chi connectivity index (χ1v) is 5.53. The maximum absolute atomic E-state index is 2.37. The quantitative estimate of drug-likeness (QED) is 0.576. The van der Waals surface area contributed by atoms with E-state index in [1.165, 1.54) is 16.8 Å². The van der Waals surface area contributed by atoms with E-state index >= 15 is 0 Å². The van der Waals surface area contributed by atoms with E-state index in [9.17, 15) is 0 Å². The van der Waals surface area contributed by atoms with Crippen LogP contribution < -0.4 is 0 Å². The Hall–Kier alpha value is -1.24. The Morgan fingerprint density at radius 3 is 2.67 bits per heavy atom. The second-order valence-corrected chi connectivity index (χ2v) is 4.87. The zero-order chi connectivity index (χ0) is 11.1. The summed E-state index contributed by atoms with van der Waals surface area (Å²) in [7, 11) is 0.